The number of carboxylic acids is 1. The largest absolute Gasteiger partial charge is 0.480 e. The Morgan fingerprint density at radius 1 is 1.09 bits per heavy atom. The summed E-state index contributed by atoms with van der Waals surface area (Å²) in [5.41, 5.74) is 5.30. The van der Waals surface area contributed by atoms with Gasteiger partial charge in [0.2, 0.25) is 0 Å². The van der Waals surface area contributed by atoms with Crippen LogP contribution in [-0.2, 0) is 15.3 Å². The van der Waals surface area contributed by atoms with Gasteiger partial charge in [0.1, 0.15) is 12.6 Å². The van der Waals surface area contributed by atoms with E-state index in [-0.39, 0.29) is 18.3 Å². The van der Waals surface area contributed by atoms with Crippen molar-refractivity contribution in [1.82, 2.24) is 10.3 Å². The van der Waals surface area contributed by atoms with Crippen LogP contribution in [0.15, 0.2) is 76.7 Å². The molecule has 0 spiro atoms. The number of benzene rings is 2. The van der Waals surface area contributed by atoms with Crippen LogP contribution in [0.3, 0.4) is 0 Å². The molecule has 2 N–H and O–H groups in total. The van der Waals surface area contributed by atoms with Crippen molar-refractivity contribution in [2.24, 2.45) is 0 Å². The van der Waals surface area contributed by atoms with E-state index in [1.165, 1.54) is 23.1 Å². The quantitative estimate of drug-likeness (QED) is 0.303. The first-order valence-corrected chi connectivity index (χ1v) is 13.0. The van der Waals surface area contributed by atoms with E-state index in [2.05, 4.69) is 22.4 Å². The van der Waals surface area contributed by atoms with Gasteiger partial charge in [-0.3, -0.25) is 0 Å². The van der Waals surface area contributed by atoms with Crippen molar-refractivity contribution in [3.63, 3.8) is 0 Å². The summed E-state index contributed by atoms with van der Waals surface area (Å²) in [6.07, 6.45) is 0.853. The molecule has 178 valence electrons. The van der Waals surface area contributed by atoms with Crippen LogP contribution >= 0.6 is 23.1 Å². The highest BCUT2D eigenvalue weighted by molar-refractivity contribution is 7.98. The molecule has 35 heavy (non-hydrogen) atoms. The summed E-state index contributed by atoms with van der Waals surface area (Å²) in [7, 11) is 0. The lowest BCUT2D eigenvalue weighted by Gasteiger charge is -2.17. The molecular formula is C26H22N2O5S2. The number of ether oxygens (including phenoxy) is 1. The van der Waals surface area contributed by atoms with Crippen molar-refractivity contribution in [2.75, 3.05) is 12.4 Å². The number of hydrogen-bond donors (Lipinski definition) is 2. The van der Waals surface area contributed by atoms with Gasteiger partial charge in [0.05, 0.1) is 12.0 Å². The number of aromatic nitrogens is 1. The molecule has 0 saturated carbocycles. The molecule has 1 aliphatic carbocycles. The highest BCUT2D eigenvalue weighted by Crippen LogP contribution is 2.44. The van der Waals surface area contributed by atoms with Crippen LogP contribution in [0.25, 0.3) is 21.9 Å². The first kappa shape index (κ1) is 23.2. The maximum Gasteiger partial charge on any atom is 0.407 e. The second-order valence-corrected chi connectivity index (χ2v) is 9.89. The number of carbonyl (C=O) groups excluding carboxylic acids is 1. The third-order valence-corrected chi connectivity index (χ3v) is 7.73. The molecule has 5 rings (SSSR count). The fraction of sp³-hybridized carbons (Fsp3) is 0.192. The molecule has 0 aliphatic heterocycles. The maximum atomic E-state index is 12.5. The maximum absolute atomic E-state index is 12.5. The minimum atomic E-state index is -1.11. The zero-order valence-corrected chi connectivity index (χ0v) is 20.2. The number of thiazole rings is 1. The van der Waals surface area contributed by atoms with Gasteiger partial charge < -0.3 is 19.6 Å². The van der Waals surface area contributed by atoms with Gasteiger partial charge in [-0.25, -0.2) is 14.6 Å². The summed E-state index contributed by atoms with van der Waals surface area (Å²) in [6.45, 7) is 0.133. The molecule has 7 nitrogen and oxygen atoms in total. The summed E-state index contributed by atoms with van der Waals surface area (Å²) in [5.74, 6) is 0.214. The molecule has 2 heterocycles. The van der Waals surface area contributed by atoms with Crippen molar-refractivity contribution in [3.05, 3.63) is 89.1 Å². The number of nitrogens with zero attached hydrogens (tertiary/aromatic N) is 1. The van der Waals surface area contributed by atoms with Crippen molar-refractivity contribution in [3.8, 4) is 21.9 Å². The molecule has 1 atom stereocenters. The Bertz CT molecular complexity index is 1290. The number of nitrogens with one attached hydrogen (secondary N) is 1. The first-order valence-electron chi connectivity index (χ1n) is 11.0. The van der Waals surface area contributed by atoms with Gasteiger partial charge >= 0.3 is 12.1 Å². The number of alkyl carbamates (subject to hydrolysis) is 1. The minimum Gasteiger partial charge on any atom is -0.480 e. The van der Waals surface area contributed by atoms with Crippen LogP contribution in [0.1, 0.15) is 22.7 Å². The standard InChI is InChI=1S/C26H22N2O5S2/c29-25(30)22(15-34-13-16-14-35-24(27-16)23-10-5-11-32-23)28-26(31)33-12-21-19-8-3-1-6-17(19)18-7-2-4-9-20(18)21/h1-11,14,21-22H,12-13,15H2,(H,28,31)(H,29,30). The number of rotatable bonds is 9. The molecule has 0 saturated heterocycles. The van der Waals surface area contributed by atoms with Gasteiger partial charge in [0.15, 0.2) is 10.8 Å². The van der Waals surface area contributed by atoms with Crippen LogP contribution < -0.4 is 5.32 Å². The number of furan rings is 1. The second-order valence-electron chi connectivity index (χ2n) is 8.00. The molecule has 1 amide bonds. The zero-order valence-electron chi connectivity index (χ0n) is 18.5. The number of thioether (sulfide) groups is 1. The van der Waals surface area contributed by atoms with E-state index in [4.69, 9.17) is 9.15 Å². The third kappa shape index (κ3) is 5.11. The molecule has 0 radical (unpaired) electrons. The van der Waals surface area contributed by atoms with Crippen molar-refractivity contribution >= 4 is 35.2 Å². The molecule has 2 aromatic carbocycles. The monoisotopic (exact) mass is 506 g/mol. The highest BCUT2D eigenvalue weighted by Gasteiger charge is 2.29. The zero-order chi connectivity index (χ0) is 24.2. The minimum absolute atomic E-state index is 0.0844. The van der Waals surface area contributed by atoms with Gasteiger partial charge in [-0.05, 0) is 34.4 Å². The van der Waals surface area contributed by atoms with E-state index < -0.39 is 18.1 Å². The molecule has 0 bridgehead atoms. The Hall–Kier alpha value is -3.56. The molecule has 4 aromatic rings. The number of carboxylic acid groups (broad SMARTS) is 1. The first-order chi connectivity index (χ1) is 17.1. The SMILES string of the molecule is O=C(NC(CSCc1csc(-c2ccco2)n1)C(=O)O)OCC1c2ccccc2-c2ccccc21. The van der Waals surface area contributed by atoms with Gasteiger partial charge in [0, 0.05) is 22.8 Å². The molecule has 1 unspecified atom stereocenters. The van der Waals surface area contributed by atoms with E-state index in [1.54, 1.807) is 12.3 Å². The lowest BCUT2D eigenvalue weighted by molar-refractivity contribution is -0.138. The Morgan fingerprint density at radius 2 is 1.80 bits per heavy atom. The lowest BCUT2D eigenvalue weighted by Crippen LogP contribution is -2.43. The van der Waals surface area contributed by atoms with Crippen molar-refractivity contribution < 1.29 is 23.8 Å². The summed E-state index contributed by atoms with van der Waals surface area (Å²) >= 11 is 2.85. The average molecular weight is 507 g/mol. The van der Waals surface area contributed by atoms with Crippen molar-refractivity contribution in [1.29, 1.82) is 0 Å². The summed E-state index contributed by atoms with van der Waals surface area (Å²) in [6, 6.07) is 18.7. The molecule has 2 aromatic heterocycles. The fourth-order valence-electron chi connectivity index (χ4n) is 4.13. The van der Waals surface area contributed by atoms with Gasteiger partial charge in [0.25, 0.3) is 0 Å². The number of hydrogen-bond acceptors (Lipinski definition) is 7. The average Bonchev–Trinajstić information content (AvgIpc) is 3.61. The van der Waals surface area contributed by atoms with Crippen LogP contribution in [0.4, 0.5) is 4.79 Å². The Morgan fingerprint density at radius 3 is 2.46 bits per heavy atom. The molecule has 1 aliphatic rings. The number of fused-ring (bicyclic) bond motifs is 3. The van der Waals surface area contributed by atoms with Crippen LogP contribution in [0, 0.1) is 0 Å². The van der Waals surface area contributed by atoms with Gasteiger partial charge in [-0.1, -0.05) is 48.5 Å². The van der Waals surface area contributed by atoms with E-state index in [1.807, 2.05) is 47.8 Å². The normalized spacial score (nSPS) is 13.1. The van der Waals surface area contributed by atoms with Gasteiger partial charge in [-0.15, -0.1) is 11.3 Å². The predicted octanol–water partition coefficient (Wildman–Crippen LogP) is 5.63. The van der Waals surface area contributed by atoms with E-state index in [0.717, 1.165) is 33.0 Å². The smallest absolute Gasteiger partial charge is 0.407 e. The number of aliphatic carboxylic acids is 1. The molecule has 0 fully saturated rings. The van der Waals surface area contributed by atoms with Crippen LogP contribution in [0.2, 0.25) is 0 Å². The second kappa shape index (κ2) is 10.4. The van der Waals surface area contributed by atoms with Crippen molar-refractivity contribution in [2.45, 2.75) is 17.7 Å². The molecular weight excluding hydrogens is 484 g/mol. The number of amides is 1. The van der Waals surface area contributed by atoms with Gasteiger partial charge in [-0.2, -0.15) is 11.8 Å². The Labute approximate surface area is 210 Å². The fourth-order valence-corrected chi connectivity index (χ4v) is 5.95. The topological polar surface area (TPSA) is 102 Å². The predicted molar refractivity (Wildman–Crippen MR) is 136 cm³/mol. The number of carbonyl (C=O) groups is 2. The third-order valence-electron chi connectivity index (χ3n) is 5.75. The lowest BCUT2D eigenvalue weighted by atomic mass is 9.98. The van der Waals surface area contributed by atoms with E-state index in [9.17, 15) is 14.7 Å². The summed E-state index contributed by atoms with van der Waals surface area (Å²) in [5, 5.41) is 14.8. The summed E-state index contributed by atoms with van der Waals surface area (Å²) in [4.78, 5) is 28.7. The van der Waals surface area contributed by atoms with Crippen LogP contribution in [-0.4, -0.2) is 40.6 Å². The Balaban J connectivity index is 1.15. The summed E-state index contributed by atoms with van der Waals surface area (Å²) < 4.78 is 10.8. The Kier molecular flexibility index (Phi) is 6.87. The highest BCUT2D eigenvalue weighted by atomic mass is 32.2. The molecule has 9 heteroatoms. The van der Waals surface area contributed by atoms with E-state index in [0.29, 0.717) is 11.5 Å². The van der Waals surface area contributed by atoms with Crippen LogP contribution in [0.5, 0.6) is 0 Å². The van der Waals surface area contributed by atoms with E-state index >= 15 is 0 Å².